The van der Waals surface area contributed by atoms with Crippen molar-refractivity contribution < 1.29 is 14.6 Å². The molecule has 1 aromatic heterocycles. The lowest BCUT2D eigenvalue weighted by atomic mass is 9.91. The lowest BCUT2D eigenvalue weighted by Crippen LogP contribution is -2.46. The van der Waals surface area contributed by atoms with Crippen LogP contribution in [0.15, 0.2) is 28.8 Å². The Morgan fingerprint density at radius 1 is 1.42 bits per heavy atom. The number of nitro groups is 1. The van der Waals surface area contributed by atoms with Crippen LogP contribution in [0.3, 0.4) is 0 Å². The summed E-state index contributed by atoms with van der Waals surface area (Å²) in [5, 5.41) is 24.2. The molecule has 1 aromatic carbocycles. The van der Waals surface area contributed by atoms with Gasteiger partial charge in [0.15, 0.2) is 0 Å². The van der Waals surface area contributed by atoms with Gasteiger partial charge in [0.05, 0.1) is 18.1 Å². The average Bonchev–Trinajstić information content (AvgIpc) is 3.04. The molecule has 0 amide bonds. The van der Waals surface area contributed by atoms with Crippen molar-refractivity contribution >= 4 is 5.69 Å². The number of benzene rings is 1. The highest BCUT2D eigenvalue weighted by atomic mass is 16.6. The third kappa shape index (κ3) is 3.44. The molecule has 0 radical (unpaired) electrons. The second-order valence-electron chi connectivity index (χ2n) is 6.16. The molecule has 1 fully saturated rings. The number of nitro benzene ring substituents is 1. The molecule has 0 bridgehead atoms. The van der Waals surface area contributed by atoms with Gasteiger partial charge in [-0.2, -0.15) is 4.98 Å². The van der Waals surface area contributed by atoms with Crippen LogP contribution in [-0.4, -0.2) is 44.3 Å². The normalized spacial score (nSPS) is 21.8. The lowest BCUT2D eigenvalue weighted by molar-refractivity contribution is -0.384. The first kappa shape index (κ1) is 16.5. The molecule has 128 valence electrons. The summed E-state index contributed by atoms with van der Waals surface area (Å²) in [6.45, 7) is 3.65. The van der Waals surface area contributed by atoms with Crippen molar-refractivity contribution in [3.63, 3.8) is 0 Å². The number of piperidine rings is 1. The van der Waals surface area contributed by atoms with Crippen molar-refractivity contribution in [1.82, 2.24) is 15.0 Å². The van der Waals surface area contributed by atoms with E-state index in [9.17, 15) is 15.2 Å². The van der Waals surface area contributed by atoms with E-state index in [-0.39, 0.29) is 18.3 Å². The summed E-state index contributed by atoms with van der Waals surface area (Å²) < 4.78 is 5.31. The zero-order chi connectivity index (χ0) is 17.1. The van der Waals surface area contributed by atoms with Crippen LogP contribution in [0.1, 0.15) is 25.7 Å². The van der Waals surface area contributed by atoms with Gasteiger partial charge in [-0.15, -0.1) is 0 Å². The SMILES string of the molecule is CC1CCCN(Cc2nc(-c3ccc([N+](=O)[O-])cc3)no2)C1CO. The fourth-order valence-corrected chi connectivity index (χ4v) is 3.17. The Morgan fingerprint density at radius 2 is 2.17 bits per heavy atom. The molecule has 2 unspecified atom stereocenters. The molecule has 0 aliphatic carbocycles. The molecule has 0 saturated carbocycles. The van der Waals surface area contributed by atoms with Gasteiger partial charge < -0.3 is 9.63 Å². The van der Waals surface area contributed by atoms with Gasteiger partial charge >= 0.3 is 0 Å². The molecule has 8 nitrogen and oxygen atoms in total. The molecule has 8 heteroatoms. The quantitative estimate of drug-likeness (QED) is 0.661. The number of aromatic nitrogens is 2. The highest BCUT2D eigenvalue weighted by molar-refractivity contribution is 5.56. The third-order valence-corrected chi connectivity index (χ3v) is 4.56. The maximum atomic E-state index is 10.7. The molecular formula is C16H20N4O4. The Bertz CT molecular complexity index is 700. The smallest absolute Gasteiger partial charge is 0.269 e. The lowest BCUT2D eigenvalue weighted by Gasteiger charge is -2.38. The molecule has 3 rings (SSSR count). The first-order valence-corrected chi connectivity index (χ1v) is 8.01. The number of rotatable bonds is 5. The van der Waals surface area contributed by atoms with E-state index in [1.165, 1.54) is 12.1 Å². The van der Waals surface area contributed by atoms with E-state index >= 15 is 0 Å². The second kappa shape index (κ2) is 7.06. The Labute approximate surface area is 139 Å². The van der Waals surface area contributed by atoms with Crippen molar-refractivity contribution in [3.05, 3.63) is 40.3 Å². The molecule has 2 heterocycles. The summed E-state index contributed by atoms with van der Waals surface area (Å²) in [5.41, 5.74) is 0.692. The van der Waals surface area contributed by atoms with Crippen molar-refractivity contribution in [3.8, 4) is 11.4 Å². The Balaban J connectivity index is 1.72. The van der Waals surface area contributed by atoms with Gasteiger partial charge in [-0.1, -0.05) is 12.1 Å². The minimum Gasteiger partial charge on any atom is -0.395 e. The standard InChI is InChI=1S/C16H20N4O4/c1-11-3-2-8-19(14(11)10-21)9-15-17-16(18-24-15)12-4-6-13(7-5-12)20(22)23/h4-7,11,14,21H,2-3,8-10H2,1H3. The van der Waals surface area contributed by atoms with Gasteiger partial charge in [0.25, 0.3) is 5.69 Å². The minimum atomic E-state index is -0.446. The molecule has 1 saturated heterocycles. The molecule has 2 atom stereocenters. The van der Waals surface area contributed by atoms with Crippen molar-refractivity contribution in [2.45, 2.75) is 32.4 Å². The van der Waals surface area contributed by atoms with Crippen LogP contribution in [0.2, 0.25) is 0 Å². The van der Waals surface area contributed by atoms with Crippen LogP contribution < -0.4 is 0 Å². The summed E-state index contributed by atoms with van der Waals surface area (Å²) in [7, 11) is 0. The molecule has 1 N–H and O–H groups in total. The van der Waals surface area contributed by atoms with Gasteiger partial charge in [-0.25, -0.2) is 0 Å². The molecule has 0 spiro atoms. The number of likely N-dealkylation sites (tertiary alicyclic amines) is 1. The zero-order valence-electron chi connectivity index (χ0n) is 13.5. The van der Waals surface area contributed by atoms with Crippen molar-refractivity contribution in [2.24, 2.45) is 5.92 Å². The predicted octanol–water partition coefficient (Wildman–Crippen LogP) is 2.24. The first-order valence-electron chi connectivity index (χ1n) is 8.01. The fourth-order valence-electron chi connectivity index (χ4n) is 3.17. The number of hydrogen-bond donors (Lipinski definition) is 1. The second-order valence-corrected chi connectivity index (χ2v) is 6.16. The summed E-state index contributed by atoms with van der Waals surface area (Å²) >= 11 is 0. The van der Waals surface area contributed by atoms with E-state index in [1.54, 1.807) is 12.1 Å². The Morgan fingerprint density at radius 3 is 2.83 bits per heavy atom. The monoisotopic (exact) mass is 332 g/mol. The highest BCUT2D eigenvalue weighted by Gasteiger charge is 2.29. The maximum Gasteiger partial charge on any atom is 0.269 e. The first-order chi connectivity index (χ1) is 11.6. The minimum absolute atomic E-state index is 0.0237. The van der Waals surface area contributed by atoms with Crippen molar-refractivity contribution in [2.75, 3.05) is 13.2 Å². The van der Waals surface area contributed by atoms with E-state index in [4.69, 9.17) is 4.52 Å². The molecule has 24 heavy (non-hydrogen) atoms. The summed E-state index contributed by atoms with van der Waals surface area (Å²) in [6.07, 6.45) is 2.20. The van der Waals surface area contributed by atoms with Gasteiger partial charge in [0.1, 0.15) is 0 Å². The Hall–Kier alpha value is -2.32. The summed E-state index contributed by atoms with van der Waals surface area (Å²) in [6, 6.07) is 6.14. The van der Waals surface area contributed by atoms with Gasteiger partial charge in [-0.05, 0) is 37.4 Å². The van der Waals surface area contributed by atoms with Crippen LogP contribution in [-0.2, 0) is 6.54 Å². The number of nitrogens with zero attached hydrogens (tertiary/aromatic N) is 4. The van der Waals surface area contributed by atoms with E-state index < -0.39 is 4.92 Å². The van der Waals surface area contributed by atoms with Crippen molar-refractivity contribution in [1.29, 1.82) is 0 Å². The topological polar surface area (TPSA) is 106 Å². The number of hydrogen-bond acceptors (Lipinski definition) is 7. The van der Waals surface area contributed by atoms with Crippen LogP contribution in [0, 0.1) is 16.0 Å². The highest BCUT2D eigenvalue weighted by Crippen LogP contribution is 2.25. The van der Waals surface area contributed by atoms with Gasteiger partial charge in [0, 0.05) is 23.7 Å². The number of aliphatic hydroxyl groups excluding tert-OH is 1. The third-order valence-electron chi connectivity index (χ3n) is 4.56. The Kier molecular flexibility index (Phi) is 4.86. The van der Waals surface area contributed by atoms with Crippen LogP contribution in [0.5, 0.6) is 0 Å². The molecule has 1 aliphatic heterocycles. The maximum absolute atomic E-state index is 10.7. The summed E-state index contributed by atoms with van der Waals surface area (Å²) in [5.74, 6) is 1.32. The van der Waals surface area contributed by atoms with E-state index in [0.29, 0.717) is 29.7 Å². The molecule has 2 aromatic rings. The van der Waals surface area contributed by atoms with Gasteiger partial charge in [0.2, 0.25) is 11.7 Å². The molecule has 1 aliphatic rings. The van der Waals surface area contributed by atoms with Crippen LogP contribution in [0.4, 0.5) is 5.69 Å². The largest absolute Gasteiger partial charge is 0.395 e. The fraction of sp³-hybridized carbons (Fsp3) is 0.500. The number of aliphatic hydroxyl groups is 1. The van der Waals surface area contributed by atoms with E-state index in [0.717, 1.165) is 19.4 Å². The van der Waals surface area contributed by atoms with E-state index in [2.05, 4.69) is 22.0 Å². The predicted molar refractivity (Wildman–Crippen MR) is 86.1 cm³/mol. The van der Waals surface area contributed by atoms with Crippen LogP contribution in [0.25, 0.3) is 11.4 Å². The number of non-ortho nitro benzene ring substituents is 1. The summed E-state index contributed by atoms with van der Waals surface area (Å²) in [4.78, 5) is 16.8. The van der Waals surface area contributed by atoms with Crippen LogP contribution >= 0.6 is 0 Å². The molecular weight excluding hydrogens is 312 g/mol. The van der Waals surface area contributed by atoms with E-state index in [1.807, 2.05) is 0 Å². The average molecular weight is 332 g/mol. The zero-order valence-corrected chi connectivity index (χ0v) is 13.5. The van der Waals surface area contributed by atoms with Gasteiger partial charge in [-0.3, -0.25) is 15.0 Å².